The van der Waals surface area contributed by atoms with Crippen molar-refractivity contribution in [1.82, 2.24) is 9.47 Å². The highest BCUT2D eigenvalue weighted by molar-refractivity contribution is 6.05. The second-order valence-corrected chi connectivity index (χ2v) is 5.54. The van der Waals surface area contributed by atoms with Gasteiger partial charge in [-0.3, -0.25) is 4.57 Å². The number of primary amides is 1. The molecule has 0 spiro atoms. The van der Waals surface area contributed by atoms with Crippen molar-refractivity contribution in [2.45, 2.75) is 18.6 Å². The van der Waals surface area contributed by atoms with Crippen LogP contribution in [0.4, 0.5) is 19.7 Å². The Balaban J connectivity index is 1.91. The van der Waals surface area contributed by atoms with Crippen molar-refractivity contribution in [2.75, 3.05) is 11.9 Å². The molecule has 1 fully saturated rings. The summed E-state index contributed by atoms with van der Waals surface area (Å²) < 4.78 is 14.7. The van der Waals surface area contributed by atoms with Crippen molar-refractivity contribution in [3.8, 4) is 0 Å². The van der Waals surface area contributed by atoms with Crippen LogP contribution in [-0.2, 0) is 4.79 Å². The number of nitrogens with zero attached hydrogens (tertiary/aromatic N) is 2. The number of carbonyl (C=O) groups excluding carboxylic acids is 2. The van der Waals surface area contributed by atoms with Crippen LogP contribution in [0.2, 0.25) is 0 Å². The molecule has 1 aliphatic heterocycles. The van der Waals surface area contributed by atoms with E-state index in [1.807, 2.05) is 0 Å². The second-order valence-electron chi connectivity index (χ2n) is 5.54. The Bertz CT molecular complexity index is 834. The van der Waals surface area contributed by atoms with E-state index in [9.17, 15) is 18.8 Å². The van der Waals surface area contributed by atoms with Gasteiger partial charge in [0.25, 0.3) is 0 Å². The lowest BCUT2D eigenvalue weighted by Gasteiger charge is -2.21. The molecule has 1 aliphatic rings. The van der Waals surface area contributed by atoms with Gasteiger partial charge >= 0.3 is 18.0 Å². The van der Waals surface area contributed by atoms with Crippen molar-refractivity contribution in [2.24, 2.45) is 5.73 Å². The summed E-state index contributed by atoms with van der Waals surface area (Å²) in [7, 11) is 0. The van der Waals surface area contributed by atoms with E-state index in [1.54, 1.807) is 24.3 Å². The minimum Gasteiger partial charge on any atom is -0.480 e. The first-order valence-electron chi connectivity index (χ1n) is 7.23. The number of rotatable bonds is 2. The largest absolute Gasteiger partial charge is 0.480 e. The van der Waals surface area contributed by atoms with Gasteiger partial charge in [0.15, 0.2) is 0 Å². The van der Waals surface area contributed by atoms with Crippen LogP contribution in [0.1, 0.15) is 6.42 Å². The van der Waals surface area contributed by atoms with E-state index in [4.69, 9.17) is 10.8 Å². The fourth-order valence-corrected chi connectivity index (χ4v) is 2.89. The van der Waals surface area contributed by atoms with Crippen LogP contribution >= 0.6 is 0 Å². The monoisotopic (exact) mass is 334 g/mol. The third kappa shape index (κ3) is 2.64. The van der Waals surface area contributed by atoms with E-state index < -0.39 is 30.2 Å². The van der Waals surface area contributed by atoms with Crippen LogP contribution in [0.15, 0.2) is 30.5 Å². The Kier molecular flexibility index (Phi) is 3.84. The Morgan fingerprint density at radius 3 is 2.67 bits per heavy atom. The summed E-state index contributed by atoms with van der Waals surface area (Å²) in [5.41, 5.74) is 6.09. The molecule has 1 saturated heterocycles. The summed E-state index contributed by atoms with van der Waals surface area (Å²) in [5.74, 6) is -1.26. The van der Waals surface area contributed by atoms with E-state index in [1.165, 1.54) is 10.8 Å². The third-order valence-electron chi connectivity index (χ3n) is 3.99. The SMILES string of the molecule is NC(=O)n1cc(NC(=O)N2C[C@H](F)C[C@H]2C(=O)O)c2ccccc21. The number of carbonyl (C=O) groups is 3. The van der Waals surface area contributed by atoms with Gasteiger partial charge in [0.1, 0.15) is 12.2 Å². The maximum Gasteiger partial charge on any atom is 0.326 e. The number of amides is 3. The zero-order valence-corrected chi connectivity index (χ0v) is 12.5. The molecular formula is C15H15FN4O4. The Morgan fingerprint density at radius 1 is 1.29 bits per heavy atom. The molecule has 9 heteroatoms. The van der Waals surface area contributed by atoms with Gasteiger partial charge in [0, 0.05) is 18.0 Å². The number of para-hydroxylation sites is 1. The Morgan fingerprint density at radius 2 is 2.00 bits per heavy atom. The zero-order chi connectivity index (χ0) is 17.4. The minimum absolute atomic E-state index is 0.244. The van der Waals surface area contributed by atoms with Crippen molar-refractivity contribution >= 4 is 34.6 Å². The molecule has 0 saturated carbocycles. The fraction of sp³-hybridized carbons (Fsp3) is 0.267. The topological polar surface area (TPSA) is 118 Å². The number of fused-ring (bicyclic) bond motifs is 1. The second kappa shape index (κ2) is 5.84. The quantitative estimate of drug-likeness (QED) is 0.773. The average Bonchev–Trinajstić information content (AvgIpc) is 3.09. The third-order valence-corrected chi connectivity index (χ3v) is 3.99. The van der Waals surface area contributed by atoms with Gasteiger partial charge in [-0.2, -0.15) is 0 Å². The first-order valence-corrected chi connectivity index (χ1v) is 7.23. The lowest BCUT2D eigenvalue weighted by molar-refractivity contribution is -0.141. The van der Waals surface area contributed by atoms with Crippen LogP contribution in [0.5, 0.6) is 0 Å². The van der Waals surface area contributed by atoms with Gasteiger partial charge in [-0.25, -0.2) is 18.8 Å². The summed E-state index contributed by atoms with van der Waals surface area (Å²) in [6.45, 7) is -0.294. The molecule has 0 aliphatic carbocycles. The van der Waals surface area contributed by atoms with Crippen LogP contribution in [-0.4, -0.2) is 51.4 Å². The summed E-state index contributed by atoms with van der Waals surface area (Å²) in [6.07, 6.45) is -0.279. The molecule has 0 radical (unpaired) electrons. The molecule has 126 valence electrons. The van der Waals surface area contributed by atoms with E-state index in [0.717, 1.165) is 4.90 Å². The predicted molar refractivity (Wildman–Crippen MR) is 83.6 cm³/mol. The van der Waals surface area contributed by atoms with Crippen molar-refractivity contribution < 1.29 is 23.9 Å². The first-order chi connectivity index (χ1) is 11.4. The molecule has 3 rings (SSSR count). The average molecular weight is 334 g/mol. The maximum atomic E-state index is 13.5. The fourth-order valence-electron chi connectivity index (χ4n) is 2.89. The number of carboxylic acid groups (broad SMARTS) is 1. The number of aromatic nitrogens is 1. The molecule has 2 heterocycles. The number of alkyl halides is 1. The molecule has 1 aromatic heterocycles. The number of likely N-dealkylation sites (tertiary alicyclic amines) is 1. The number of urea groups is 1. The zero-order valence-electron chi connectivity index (χ0n) is 12.5. The number of aliphatic carboxylic acids is 1. The molecule has 0 bridgehead atoms. The maximum absolute atomic E-state index is 13.5. The van der Waals surface area contributed by atoms with Crippen LogP contribution in [0.3, 0.4) is 0 Å². The summed E-state index contributed by atoms with van der Waals surface area (Å²) in [5, 5.41) is 12.2. The van der Waals surface area contributed by atoms with Gasteiger partial charge in [-0.15, -0.1) is 0 Å². The number of hydrogen-bond donors (Lipinski definition) is 3. The van der Waals surface area contributed by atoms with E-state index in [-0.39, 0.29) is 13.0 Å². The van der Waals surface area contributed by atoms with E-state index in [0.29, 0.717) is 16.6 Å². The number of anilines is 1. The van der Waals surface area contributed by atoms with Crippen LogP contribution < -0.4 is 11.1 Å². The smallest absolute Gasteiger partial charge is 0.326 e. The van der Waals surface area contributed by atoms with Gasteiger partial charge in [0.05, 0.1) is 17.7 Å². The van der Waals surface area contributed by atoms with E-state index in [2.05, 4.69) is 5.32 Å². The normalized spacial score (nSPS) is 20.3. The summed E-state index contributed by atoms with van der Waals surface area (Å²) in [6, 6.07) is 4.09. The molecule has 2 aromatic rings. The standard InChI is InChI=1S/C15H15FN4O4/c16-8-5-12(13(21)22)20(6-8)15(24)18-10-7-19(14(17)23)11-4-2-1-3-9(10)11/h1-4,7-8,12H,5-6H2,(H2,17,23)(H,18,24)(H,21,22)/t8-,12+/m1/s1. The van der Waals surface area contributed by atoms with Crippen molar-refractivity contribution in [3.05, 3.63) is 30.5 Å². The molecular weight excluding hydrogens is 319 g/mol. The molecule has 4 N–H and O–H groups in total. The predicted octanol–water partition coefficient (Wildman–Crippen LogP) is 1.60. The molecule has 3 amide bonds. The van der Waals surface area contributed by atoms with Crippen molar-refractivity contribution in [1.29, 1.82) is 0 Å². The minimum atomic E-state index is -1.39. The highest BCUT2D eigenvalue weighted by Gasteiger charge is 2.40. The molecule has 1 aromatic carbocycles. The number of nitrogens with two attached hydrogens (primary N) is 1. The number of carboxylic acids is 1. The number of halogens is 1. The summed E-state index contributed by atoms with van der Waals surface area (Å²) in [4.78, 5) is 35.9. The summed E-state index contributed by atoms with van der Waals surface area (Å²) >= 11 is 0. The van der Waals surface area contributed by atoms with Gasteiger partial charge in [0.2, 0.25) is 0 Å². The lowest BCUT2D eigenvalue weighted by atomic mass is 10.2. The molecule has 8 nitrogen and oxygen atoms in total. The van der Waals surface area contributed by atoms with Crippen LogP contribution in [0, 0.1) is 0 Å². The Labute approximate surface area is 135 Å². The Hall–Kier alpha value is -3.10. The number of hydrogen-bond acceptors (Lipinski definition) is 3. The van der Waals surface area contributed by atoms with Crippen molar-refractivity contribution in [3.63, 3.8) is 0 Å². The highest BCUT2D eigenvalue weighted by Crippen LogP contribution is 2.27. The van der Waals surface area contributed by atoms with Gasteiger partial charge in [-0.1, -0.05) is 18.2 Å². The number of benzene rings is 1. The molecule has 0 unspecified atom stereocenters. The molecule has 2 atom stereocenters. The molecule has 24 heavy (non-hydrogen) atoms. The van der Waals surface area contributed by atoms with E-state index >= 15 is 0 Å². The van der Waals surface area contributed by atoms with Crippen LogP contribution in [0.25, 0.3) is 10.9 Å². The number of nitrogens with one attached hydrogen (secondary N) is 1. The first kappa shape index (κ1) is 15.8. The lowest BCUT2D eigenvalue weighted by Crippen LogP contribution is -2.42. The van der Waals surface area contributed by atoms with Gasteiger partial charge < -0.3 is 21.1 Å². The highest BCUT2D eigenvalue weighted by atomic mass is 19.1. The van der Waals surface area contributed by atoms with Gasteiger partial charge in [-0.05, 0) is 6.07 Å².